The number of thiophene rings is 1. The van der Waals surface area contributed by atoms with Gasteiger partial charge in [0.15, 0.2) is 0 Å². The minimum absolute atomic E-state index is 0.374. The highest BCUT2D eigenvalue weighted by molar-refractivity contribution is 7.12. The van der Waals surface area contributed by atoms with E-state index in [0.29, 0.717) is 6.10 Å². The monoisotopic (exact) mass is 336 g/mol. The predicted octanol–water partition coefficient (Wildman–Crippen LogP) is 2.90. The van der Waals surface area contributed by atoms with E-state index in [0.717, 1.165) is 32.4 Å². The van der Waals surface area contributed by atoms with Crippen molar-refractivity contribution < 1.29 is 9.47 Å². The number of ether oxygens (including phenoxy) is 2. The normalized spacial score (nSPS) is 28.4. The molecule has 0 unspecified atom stereocenters. The van der Waals surface area contributed by atoms with Crippen molar-refractivity contribution >= 4 is 11.3 Å². The average Bonchev–Trinajstić information content (AvgIpc) is 3.28. The lowest BCUT2D eigenvalue weighted by Gasteiger charge is -2.40. The molecule has 128 valence electrons. The first-order valence-corrected chi connectivity index (χ1v) is 9.94. The van der Waals surface area contributed by atoms with Crippen LogP contribution in [0.5, 0.6) is 0 Å². The van der Waals surface area contributed by atoms with Crippen LogP contribution in [-0.2, 0) is 16.0 Å². The molecule has 3 aliphatic heterocycles. The summed E-state index contributed by atoms with van der Waals surface area (Å²) in [6, 6.07) is 5.36. The van der Waals surface area contributed by atoms with Gasteiger partial charge >= 0.3 is 0 Å². The molecular formula is C18H28N2O2S. The zero-order chi connectivity index (χ0) is 15.5. The van der Waals surface area contributed by atoms with E-state index in [2.05, 4.69) is 21.9 Å². The molecule has 1 aromatic rings. The van der Waals surface area contributed by atoms with Crippen LogP contribution in [0.1, 0.15) is 41.5 Å². The molecule has 5 heteroatoms. The van der Waals surface area contributed by atoms with E-state index in [9.17, 15) is 0 Å². The molecule has 0 N–H and O–H groups in total. The van der Waals surface area contributed by atoms with Gasteiger partial charge in [-0.2, -0.15) is 0 Å². The molecule has 3 fully saturated rings. The minimum atomic E-state index is 0.374. The third kappa shape index (κ3) is 3.97. The zero-order valence-corrected chi connectivity index (χ0v) is 14.7. The van der Waals surface area contributed by atoms with Gasteiger partial charge in [0.05, 0.1) is 6.10 Å². The highest BCUT2D eigenvalue weighted by atomic mass is 32.1. The number of nitrogens with zero attached hydrogens (tertiary/aromatic N) is 2. The molecule has 4 rings (SSSR count). The van der Waals surface area contributed by atoms with Crippen molar-refractivity contribution in [3.8, 4) is 0 Å². The molecule has 0 spiro atoms. The molecule has 0 bridgehead atoms. The first kappa shape index (κ1) is 16.0. The summed E-state index contributed by atoms with van der Waals surface area (Å²) in [5.41, 5.74) is 0. The lowest BCUT2D eigenvalue weighted by molar-refractivity contribution is 0.0127. The summed E-state index contributed by atoms with van der Waals surface area (Å²) in [5, 5.41) is 0. The molecule has 23 heavy (non-hydrogen) atoms. The summed E-state index contributed by atoms with van der Waals surface area (Å²) in [7, 11) is 0. The van der Waals surface area contributed by atoms with Crippen molar-refractivity contribution in [2.45, 2.75) is 44.4 Å². The highest BCUT2D eigenvalue weighted by Gasteiger charge is 2.26. The molecule has 0 radical (unpaired) electrons. The first-order chi connectivity index (χ1) is 11.4. The lowest BCUT2D eigenvalue weighted by Crippen LogP contribution is -2.51. The van der Waals surface area contributed by atoms with Gasteiger partial charge in [-0.25, -0.2) is 0 Å². The van der Waals surface area contributed by atoms with Crippen molar-refractivity contribution in [2.24, 2.45) is 0 Å². The molecule has 0 amide bonds. The highest BCUT2D eigenvalue weighted by Crippen LogP contribution is 2.33. The van der Waals surface area contributed by atoms with E-state index < -0.39 is 0 Å². The molecule has 3 saturated heterocycles. The van der Waals surface area contributed by atoms with Crippen molar-refractivity contribution in [1.82, 2.24) is 9.80 Å². The minimum Gasteiger partial charge on any atom is -0.381 e. The maximum atomic E-state index is 5.80. The summed E-state index contributed by atoms with van der Waals surface area (Å²) in [6.07, 6.45) is 5.22. The van der Waals surface area contributed by atoms with Crippen LogP contribution in [0.2, 0.25) is 0 Å². The Morgan fingerprint density at radius 2 is 1.83 bits per heavy atom. The summed E-state index contributed by atoms with van der Waals surface area (Å²) in [5.74, 6) is 0. The van der Waals surface area contributed by atoms with Crippen molar-refractivity contribution in [1.29, 1.82) is 0 Å². The average molecular weight is 337 g/mol. The maximum Gasteiger partial charge on any atom is 0.0917 e. The van der Waals surface area contributed by atoms with Gasteiger partial charge in [-0.05, 0) is 37.8 Å². The molecule has 0 aromatic carbocycles. The molecule has 0 aliphatic carbocycles. The third-order valence-corrected chi connectivity index (χ3v) is 6.59. The van der Waals surface area contributed by atoms with Crippen LogP contribution < -0.4 is 0 Å². The molecule has 4 nitrogen and oxygen atoms in total. The van der Waals surface area contributed by atoms with Crippen LogP contribution in [0.15, 0.2) is 12.1 Å². The fourth-order valence-electron chi connectivity index (χ4n) is 4.01. The quantitative estimate of drug-likeness (QED) is 0.844. The number of hydrogen-bond acceptors (Lipinski definition) is 5. The summed E-state index contributed by atoms with van der Waals surface area (Å²) in [6.45, 7) is 8.78. The Morgan fingerprint density at radius 3 is 2.57 bits per heavy atom. The summed E-state index contributed by atoms with van der Waals surface area (Å²) < 4.78 is 11.3. The van der Waals surface area contributed by atoms with Gasteiger partial charge in [0, 0.05) is 68.3 Å². The van der Waals surface area contributed by atoms with Crippen molar-refractivity contribution in [3.05, 3.63) is 21.9 Å². The van der Waals surface area contributed by atoms with Gasteiger partial charge in [0.1, 0.15) is 0 Å². The van der Waals surface area contributed by atoms with Gasteiger partial charge < -0.3 is 9.47 Å². The second kappa shape index (κ2) is 7.62. The summed E-state index contributed by atoms with van der Waals surface area (Å²) >= 11 is 1.96. The summed E-state index contributed by atoms with van der Waals surface area (Å²) in [4.78, 5) is 8.22. The standard InChI is InChI=1S/C18H28N2O2S/c1-2-17(22-11-1)18-4-3-16(23-18)14-19-7-9-20(10-8-19)15-5-12-21-13-6-15/h3-4,15,17H,1-2,5-14H2/t17-/m0/s1. The van der Waals surface area contributed by atoms with Gasteiger partial charge in [-0.1, -0.05) is 0 Å². The Kier molecular flexibility index (Phi) is 5.31. The topological polar surface area (TPSA) is 24.9 Å². The molecule has 3 aliphatic rings. The van der Waals surface area contributed by atoms with E-state index in [4.69, 9.17) is 9.47 Å². The fraction of sp³-hybridized carbons (Fsp3) is 0.778. The SMILES string of the molecule is c1cc([C@@H]2CCCO2)sc1CN1CCN(C2CCOCC2)CC1. The van der Waals surface area contributed by atoms with Gasteiger partial charge in [0.25, 0.3) is 0 Å². The van der Waals surface area contributed by atoms with Crippen LogP contribution in [0.4, 0.5) is 0 Å². The second-order valence-electron chi connectivity index (χ2n) is 6.96. The Bertz CT molecular complexity index is 487. The van der Waals surface area contributed by atoms with E-state index in [1.54, 1.807) is 0 Å². The Labute approximate surface area is 143 Å². The van der Waals surface area contributed by atoms with Crippen LogP contribution in [0.25, 0.3) is 0 Å². The third-order valence-electron chi connectivity index (χ3n) is 5.42. The van der Waals surface area contributed by atoms with Crippen LogP contribution in [0, 0.1) is 0 Å². The first-order valence-electron chi connectivity index (χ1n) is 9.13. The van der Waals surface area contributed by atoms with Gasteiger partial charge in [0.2, 0.25) is 0 Å². The van der Waals surface area contributed by atoms with Crippen LogP contribution in [-0.4, -0.2) is 61.8 Å². The van der Waals surface area contributed by atoms with Crippen molar-refractivity contribution in [2.75, 3.05) is 46.0 Å². The van der Waals surface area contributed by atoms with E-state index in [-0.39, 0.29) is 0 Å². The molecule has 1 aromatic heterocycles. The van der Waals surface area contributed by atoms with Gasteiger partial charge in [-0.15, -0.1) is 11.3 Å². The van der Waals surface area contributed by atoms with Crippen molar-refractivity contribution in [3.63, 3.8) is 0 Å². The second-order valence-corrected chi connectivity index (χ2v) is 8.16. The van der Waals surface area contributed by atoms with E-state index >= 15 is 0 Å². The Morgan fingerprint density at radius 1 is 1.00 bits per heavy atom. The zero-order valence-electron chi connectivity index (χ0n) is 13.9. The maximum absolute atomic E-state index is 5.80. The Hall–Kier alpha value is -0.460. The smallest absolute Gasteiger partial charge is 0.0917 e. The van der Waals surface area contributed by atoms with E-state index in [1.807, 2.05) is 11.3 Å². The lowest BCUT2D eigenvalue weighted by atomic mass is 10.1. The molecule has 1 atom stereocenters. The van der Waals surface area contributed by atoms with Crippen LogP contribution >= 0.6 is 11.3 Å². The Balaban J connectivity index is 1.26. The molecular weight excluding hydrogens is 308 g/mol. The predicted molar refractivity (Wildman–Crippen MR) is 92.9 cm³/mol. The number of hydrogen-bond donors (Lipinski definition) is 0. The van der Waals surface area contributed by atoms with E-state index in [1.165, 1.54) is 61.6 Å². The number of rotatable bonds is 4. The molecule has 0 saturated carbocycles. The van der Waals surface area contributed by atoms with Crippen LogP contribution in [0.3, 0.4) is 0 Å². The number of piperazine rings is 1. The molecule has 4 heterocycles. The van der Waals surface area contributed by atoms with Gasteiger partial charge in [-0.3, -0.25) is 9.80 Å². The largest absolute Gasteiger partial charge is 0.381 e. The fourth-order valence-corrected chi connectivity index (χ4v) is 5.15.